The van der Waals surface area contributed by atoms with Gasteiger partial charge in [0.2, 0.25) is 5.78 Å². The lowest BCUT2D eigenvalue weighted by Gasteiger charge is -2.43. The number of furan rings is 1. The van der Waals surface area contributed by atoms with Crippen molar-refractivity contribution in [2.45, 2.75) is 51.2 Å². The zero-order chi connectivity index (χ0) is 14.0. The summed E-state index contributed by atoms with van der Waals surface area (Å²) in [6, 6.07) is 0. The maximum absolute atomic E-state index is 12.5. The third-order valence-corrected chi connectivity index (χ3v) is 4.36. The number of allylic oxidation sites excluding steroid dienone is 1. The Kier molecular flexibility index (Phi) is 2.38. The lowest BCUT2D eigenvalue weighted by Crippen LogP contribution is -2.46. The summed E-state index contributed by atoms with van der Waals surface area (Å²) in [6.45, 7) is 5.10. The van der Waals surface area contributed by atoms with Crippen molar-refractivity contribution >= 4 is 5.78 Å². The molecule has 2 aliphatic rings. The van der Waals surface area contributed by atoms with Crippen LogP contribution in [-0.2, 0) is 5.60 Å². The molecule has 0 saturated heterocycles. The molecule has 0 amide bonds. The molecule has 1 heterocycles. The number of carbonyl (C=O) groups excluding carboxylic acids is 1. The molecule has 2 atom stereocenters. The molecule has 0 aromatic carbocycles. The molecule has 0 fully saturated rings. The average molecular weight is 262 g/mol. The molecule has 4 heteroatoms. The molecule has 1 aromatic heterocycles. The zero-order valence-corrected chi connectivity index (χ0v) is 11.4. The van der Waals surface area contributed by atoms with E-state index in [1.165, 1.54) is 6.26 Å². The number of aliphatic hydroxyl groups is 2. The van der Waals surface area contributed by atoms with Gasteiger partial charge in [-0.1, -0.05) is 0 Å². The van der Waals surface area contributed by atoms with Gasteiger partial charge in [0.05, 0.1) is 11.9 Å². The zero-order valence-electron chi connectivity index (χ0n) is 11.4. The van der Waals surface area contributed by atoms with Gasteiger partial charge in [-0.15, -0.1) is 0 Å². The third-order valence-electron chi connectivity index (χ3n) is 4.36. The summed E-state index contributed by atoms with van der Waals surface area (Å²) in [5.41, 5.74) is -0.288. The van der Waals surface area contributed by atoms with Crippen LogP contribution in [0.25, 0.3) is 0 Å². The summed E-state index contributed by atoms with van der Waals surface area (Å²) in [4.78, 5) is 12.5. The summed E-state index contributed by atoms with van der Waals surface area (Å²) in [6.07, 6.45) is 3.37. The van der Waals surface area contributed by atoms with Crippen molar-refractivity contribution in [2.24, 2.45) is 0 Å². The van der Waals surface area contributed by atoms with Crippen LogP contribution in [0.1, 0.15) is 54.8 Å². The lowest BCUT2D eigenvalue weighted by molar-refractivity contribution is 0.00168. The maximum atomic E-state index is 12.5. The lowest BCUT2D eigenvalue weighted by atomic mass is 9.66. The first-order chi connectivity index (χ1) is 8.77. The summed E-state index contributed by atoms with van der Waals surface area (Å²) < 4.78 is 5.33. The van der Waals surface area contributed by atoms with Gasteiger partial charge in [0, 0.05) is 16.7 Å². The molecule has 0 aliphatic heterocycles. The molecule has 0 radical (unpaired) electrons. The predicted molar refractivity (Wildman–Crippen MR) is 68.8 cm³/mol. The van der Waals surface area contributed by atoms with E-state index in [0.717, 1.165) is 12.0 Å². The van der Waals surface area contributed by atoms with Crippen molar-refractivity contribution in [3.8, 4) is 0 Å². The third kappa shape index (κ3) is 1.50. The van der Waals surface area contributed by atoms with Crippen LogP contribution >= 0.6 is 0 Å². The number of carbonyl (C=O) groups is 1. The highest BCUT2D eigenvalue weighted by Gasteiger charge is 2.51. The molecular weight excluding hydrogens is 244 g/mol. The fraction of sp³-hybridized carbons (Fsp3) is 0.533. The highest BCUT2D eigenvalue weighted by molar-refractivity contribution is 6.10. The number of aryl methyl sites for hydroxylation is 1. The van der Waals surface area contributed by atoms with Crippen molar-refractivity contribution in [2.75, 3.05) is 0 Å². The van der Waals surface area contributed by atoms with Gasteiger partial charge in [0.1, 0.15) is 5.60 Å². The smallest absolute Gasteiger partial charge is 0.224 e. The van der Waals surface area contributed by atoms with E-state index >= 15 is 0 Å². The van der Waals surface area contributed by atoms with Crippen molar-refractivity contribution in [1.29, 1.82) is 0 Å². The van der Waals surface area contributed by atoms with E-state index in [0.29, 0.717) is 29.6 Å². The van der Waals surface area contributed by atoms with Crippen LogP contribution in [0.5, 0.6) is 0 Å². The minimum atomic E-state index is -1.35. The number of Topliss-reactive ketones (excluding diaryl/α,β-unsaturated/α-hetero) is 1. The van der Waals surface area contributed by atoms with Gasteiger partial charge >= 0.3 is 0 Å². The van der Waals surface area contributed by atoms with E-state index < -0.39 is 11.2 Å². The Morgan fingerprint density at radius 3 is 2.68 bits per heavy atom. The first-order valence-electron chi connectivity index (χ1n) is 6.59. The summed E-state index contributed by atoms with van der Waals surface area (Å²) >= 11 is 0. The van der Waals surface area contributed by atoms with Gasteiger partial charge in [0.25, 0.3) is 0 Å². The van der Waals surface area contributed by atoms with Crippen LogP contribution in [0.2, 0.25) is 0 Å². The Morgan fingerprint density at radius 1 is 1.32 bits per heavy atom. The van der Waals surface area contributed by atoms with Gasteiger partial charge in [-0.05, 0) is 45.6 Å². The second-order valence-corrected chi connectivity index (χ2v) is 6.01. The van der Waals surface area contributed by atoms with Gasteiger partial charge in [0.15, 0.2) is 5.76 Å². The standard InChI is InChI=1S/C15H18O4/c1-8-7-19-12-10(8)15(3,18)13-9(11(12)16)5-4-6-14(13,2)17/h7,17-18H,4-6H2,1-3H3. The van der Waals surface area contributed by atoms with E-state index in [9.17, 15) is 15.0 Å². The molecule has 2 unspecified atom stereocenters. The van der Waals surface area contributed by atoms with E-state index in [2.05, 4.69) is 0 Å². The number of hydrogen-bond acceptors (Lipinski definition) is 4. The van der Waals surface area contributed by atoms with Crippen molar-refractivity contribution in [3.63, 3.8) is 0 Å². The Labute approximate surface area is 111 Å². The molecule has 102 valence electrons. The van der Waals surface area contributed by atoms with E-state index in [4.69, 9.17) is 4.42 Å². The first kappa shape index (κ1) is 12.6. The van der Waals surface area contributed by atoms with Crippen molar-refractivity contribution in [3.05, 3.63) is 34.3 Å². The largest absolute Gasteiger partial charge is 0.460 e. The van der Waals surface area contributed by atoms with Crippen LogP contribution < -0.4 is 0 Å². The summed E-state index contributed by atoms with van der Waals surface area (Å²) in [5, 5.41) is 21.5. The molecule has 2 aliphatic carbocycles. The molecule has 0 spiro atoms. The SMILES string of the molecule is Cc1coc2c1C(C)(O)C1=C(CCCC1(C)O)C2=O. The minimum absolute atomic E-state index is 0.190. The minimum Gasteiger partial charge on any atom is -0.460 e. The molecule has 3 rings (SSSR count). The maximum Gasteiger partial charge on any atom is 0.224 e. The van der Waals surface area contributed by atoms with Crippen LogP contribution in [-0.4, -0.2) is 21.6 Å². The number of rotatable bonds is 0. The topological polar surface area (TPSA) is 70.7 Å². The van der Waals surface area contributed by atoms with E-state index in [1.54, 1.807) is 20.8 Å². The second kappa shape index (κ2) is 3.58. The van der Waals surface area contributed by atoms with Gasteiger partial charge < -0.3 is 14.6 Å². The Hall–Kier alpha value is -1.39. The van der Waals surface area contributed by atoms with E-state index in [1.807, 2.05) is 0 Å². The Bertz CT molecular complexity index is 602. The molecule has 0 saturated carbocycles. The molecule has 19 heavy (non-hydrogen) atoms. The monoisotopic (exact) mass is 262 g/mol. The highest BCUT2D eigenvalue weighted by atomic mass is 16.3. The highest BCUT2D eigenvalue weighted by Crippen LogP contribution is 2.50. The van der Waals surface area contributed by atoms with Crippen LogP contribution in [0.15, 0.2) is 21.8 Å². The first-order valence-corrected chi connectivity index (χ1v) is 6.59. The molecule has 2 N–H and O–H groups in total. The molecule has 1 aromatic rings. The molecular formula is C15H18O4. The van der Waals surface area contributed by atoms with Crippen molar-refractivity contribution < 1.29 is 19.4 Å². The molecule has 0 bridgehead atoms. The normalized spacial score (nSPS) is 34.3. The van der Waals surface area contributed by atoms with Gasteiger partial charge in [-0.2, -0.15) is 0 Å². The Morgan fingerprint density at radius 2 is 2.00 bits per heavy atom. The van der Waals surface area contributed by atoms with Crippen LogP contribution in [0.4, 0.5) is 0 Å². The van der Waals surface area contributed by atoms with E-state index in [-0.39, 0.29) is 11.5 Å². The summed E-state index contributed by atoms with van der Waals surface area (Å²) in [5.74, 6) is 0.0311. The fourth-order valence-electron chi connectivity index (χ4n) is 3.71. The Balaban J connectivity index is 2.33. The number of fused-ring (bicyclic) bond motifs is 1. The van der Waals surface area contributed by atoms with Crippen molar-refractivity contribution in [1.82, 2.24) is 0 Å². The van der Waals surface area contributed by atoms with Gasteiger partial charge in [-0.3, -0.25) is 4.79 Å². The second-order valence-electron chi connectivity index (χ2n) is 6.01. The average Bonchev–Trinajstić information content (AvgIpc) is 2.68. The molecule has 4 nitrogen and oxygen atoms in total. The van der Waals surface area contributed by atoms with Gasteiger partial charge in [-0.25, -0.2) is 0 Å². The quantitative estimate of drug-likeness (QED) is 0.752. The number of ketones is 1. The number of hydrogen-bond donors (Lipinski definition) is 2. The predicted octanol–water partition coefficient (Wildman–Crippen LogP) is 2.22. The van der Waals surface area contributed by atoms with Crippen LogP contribution in [0, 0.1) is 6.92 Å². The van der Waals surface area contributed by atoms with Crippen LogP contribution in [0.3, 0.4) is 0 Å². The fourth-order valence-corrected chi connectivity index (χ4v) is 3.71. The summed E-state index contributed by atoms with van der Waals surface area (Å²) in [7, 11) is 0.